The summed E-state index contributed by atoms with van der Waals surface area (Å²) in [7, 11) is 0. The molecule has 2 N–H and O–H groups in total. The third-order valence-corrected chi connectivity index (χ3v) is 3.74. The Morgan fingerprint density at radius 2 is 2.17 bits per heavy atom. The Bertz CT molecular complexity index is 410. The van der Waals surface area contributed by atoms with E-state index in [0.717, 1.165) is 11.8 Å². The molecule has 2 unspecified atom stereocenters. The van der Waals surface area contributed by atoms with Crippen LogP contribution in [0.2, 0.25) is 10.2 Å². The van der Waals surface area contributed by atoms with Gasteiger partial charge in [-0.1, -0.05) is 35.0 Å². The van der Waals surface area contributed by atoms with Crippen molar-refractivity contribution in [2.75, 3.05) is 5.75 Å². The number of nitrogens with zero attached hydrogens (tertiary/aromatic N) is 1. The van der Waals surface area contributed by atoms with Crippen molar-refractivity contribution in [2.24, 2.45) is 0 Å². The smallest absolute Gasteiger partial charge is 0.185 e. The summed E-state index contributed by atoms with van der Waals surface area (Å²) in [5, 5.41) is 20.1. The fourth-order valence-electron chi connectivity index (χ4n) is 1.36. The number of halogens is 2. The van der Waals surface area contributed by atoms with Crippen LogP contribution in [0.25, 0.3) is 0 Å². The first-order valence-electron chi connectivity index (χ1n) is 5.23. The summed E-state index contributed by atoms with van der Waals surface area (Å²) < 4.78 is 0. The van der Waals surface area contributed by atoms with Crippen LogP contribution in [0.3, 0.4) is 0 Å². The van der Waals surface area contributed by atoms with E-state index in [1.165, 1.54) is 19.2 Å². The summed E-state index contributed by atoms with van der Waals surface area (Å²) in [4.78, 5) is 14.5. The zero-order valence-electron chi connectivity index (χ0n) is 9.64. The summed E-state index contributed by atoms with van der Waals surface area (Å²) in [6.45, 7) is 1.45. The van der Waals surface area contributed by atoms with Gasteiger partial charge in [-0.2, -0.15) is 0 Å². The van der Waals surface area contributed by atoms with Crippen molar-refractivity contribution >= 4 is 40.1 Å². The number of carbonyl (C=O) groups excluding carboxylic acids is 1. The van der Waals surface area contributed by atoms with Crippen molar-refractivity contribution in [3.05, 3.63) is 28.0 Å². The van der Waals surface area contributed by atoms with Gasteiger partial charge < -0.3 is 10.2 Å². The monoisotopic (exact) mass is 309 g/mol. The quantitative estimate of drug-likeness (QED) is 0.818. The lowest BCUT2D eigenvalue weighted by atomic mass is 10.0. The molecule has 1 heterocycles. The summed E-state index contributed by atoms with van der Waals surface area (Å²) in [6.07, 6.45) is -0.589. The Morgan fingerprint density at radius 3 is 2.72 bits per heavy atom. The first-order chi connectivity index (χ1) is 8.43. The second kappa shape index (κ2) is 7.31. The maximum atomic E-state index is 10.7. The fourth-order valence-corrected chi connectivity index (χ4v) is 2.59. The summed E-state index contributed by atoms with van der Waals surface area (Å²) in [5.41, 5.74) is 0.209. The lowest BCUT2D eigenvalue weighted by Crippen LogP contribution is -2.20. The molecule has 0 saturated heterocycles. The van der Waals surface area contributed by atoms with E-state index in [1.54, 1.807) is 0 Å². The topological polar surface area (TPSA) is 70.4 Å². The highest BCUT2D eigenvalue weighted by molar-refractivity contribution is 8.13. The van der Waals surface area contributed by atoms with Crippen molar-refractivity contribution in [2.45, 2.75) is 25.6 Å². The third-order valence-electron chi connectivity index (χ3n) is 2.27. The van der Waals surface area contributed by atoms with Gasteiger partial charge in [-0.15, -0.1) is 0 Å². The SMILES string of the molecule is CC(=O)SCCC(O)C(O)c1c(Cl)ccnc1Cl. The van der Waals surface area contributed by atoms with Crippen molar-refractivity contribution in [3.63, 3.8) is 0 Å². The van der Waals surface area contributed by atoms with E-state index in [4.69, 9.17) is 23.2 Å². The number of hydrogen-bond donors (Lipinski definition) is 2. The highest BCUT2D eigenvalue weighted by Crippen LogP contribution is 2.31. The highest BCUT2D eigenvalue weighted by atomic mass is 35.5. The van der Waals surface area contributed by atoms with Crippen LogP contribution in [0.4, 0.5) is 0 Å². The van der Waals surface area contributed by atoms with Gasteiger partial charge in [0.1, 0.15) is 11.3 Å². The van der Waals surface area contributed by atoms with E-state index in [-0.39, 0.29) is 27.3 Å². The van der Waals surface area contributed by atoms with E-state index < -0.39 is 12.2 Å². The molecule has 18 heavy (non-hydrogen) atoms. The van der Waals surface area contributed by atoms with Crippen LogP contribution in [0.15, 0.2) is 12.3 Å². The number of aliphatic hydroxyl groups is 2. The van der Waals surface area contributed by atoms with Crippen LogP contribution in [0.5, 0.6) is 0 Å². The van der Waals surface area contributed by atoms with Gasteiger partial charge in [0.05, 0.1) is 11.1 Å². The van der Waals surface area contributed by atoms with Crippen LogP contribution in [-0.2, 0) is 4.79 Å². The van der Waals surface area contributed by atoms with Crippen molar-refractivity contribution in [3.8, 4) is 0 Å². The number of carbonyl (C=O) groups is 1. The first kappa shape index (κ1) is 15.7. The second-order valence-corrected chi connectivity index (χ2v) is 5.68. The predicted molar refractivity (Wildman–Crippen MR) is 73.0 cm³/mol. The summed E-state index contributed by atoms with van der Waals surface area (Å²) in [5.74, 6) is 0.420. The van der Waals surface area contributed by atoms with Crippen LogP contribution in [-0.4, -0.2) is 32.2 Å². The Kier molecular flexibility index (Phi) is 6.38. The molecule has 1 aromatic rings. The molecule has 0 aliphatic rings. The average molecular weight is 310 g/mol. The maximum Gasteiger partial charge on any atom is 0.185 e. The lowest BCUT2D eigenvalue weighted by Gasteiger charge is -2.19. The molecule has 2 atom stereocenters. The maximum absolute atomic E-state index is 10.7. The van der Waals surface area contributed by atoms with Gasteiger partial charge >= 0.3 is 0 Å². The normalized spacial score (nSPS) is 14.3. The fraction of sp³-hybridized carbons (Fsp3) is 0.455. The molecular weight excluding hydrogens is 297 g/mol. The van der Waals surface area contributed by atoms with Crippen LogP contribution in [0, 0.1) is 0 Å². The first-order valence-corrected chi connectivity index (χ1v) is 6.97. The molecule has 0 fully saturated rings. The minimum Gasteiger partial charge on any atom is -0.390 e. The zero-order chi connectivity index (χ0) is 13.7. The van der Waals surface area contributed by atoms with Crippen molar-refractivity contribution in [1.29, 1.82) is 0 Å². The minimum atomic E-state index is -1.22. The number of rotatable bonds is 5. The van der Waals surface area contributed by atoms with E-state index in [9.17, 15) is 15.0 Å². The van der Waals surface area contributed by atoms with Gasteiger partial charge in [-0.25, -0.2) is 4.98 Å². The molecule has 1 rings (SSSR count). The van der Waals surface area contributed by atoms with Crippen LogP contribution >= 0.6 is 35.0 Å². The molecule has 0 radical (unpaired) electrons. The van der Waals surface area contributed by atoms with E-state index >= 15 is 0 Å². The molecule has 0 bridgehead atoms. The lowest BCUT2D eigenvalue weighted by molar-refractivity contribution is -0.109. The van der Waals surface area contributed by atoms with Crippen molar-refractivity contribution < 1.29 is 15.0 Å². The number of hydrogen-bond acceptors (Lipinski definition) is 5. The Labute approximate surface area is 119 Å². The Hall–Kier alpha value is -0.330. The number of thioether (sulfide) groups is 1. The number of aromatic nitrogens is 1. The molecule has 0 aliphatic heterocycles. The molecule has 0 aliphatic carbocycles. The van der Waals surface area contributed by atoms with Gasteiger partial charge in [0.25, 0.3) is 0 Å². The molecule has 100 valence electrons. The van der Waals surface area contributed by atoms with E-state index in [1.807, 2.05) is 0 Å². The standard InChI is InChI=1S/C11H13Cl2NO3S/c1-6(15)18-5-3-8(16)10(17)9-7(12)2-4-14-11(9)13/h2,4,8,10,16-17H,3,5H2,1H3. The molecule has 4 nitrogen and oxygen atoms in total. The predicted octanol–water partition coefficient (Wildman–Crippen LogP) is 2.45. The molecular formula is C11H13Cl2NO3S. The average Bonchev–Trinajstić information content (AvgIpc) is 2.27. The van der Waals surface area contributed by atoms with Gasteiger partial charge in [-0.3, -0.25) is 4.79 Å². The Morgan fingerprint density at radius 1 is 1.50 bits per heavy atom. The summed E-state index contributed by atoms with van der Waals surface area (Å²) in [6, 6.07) is 1.49. The number of aliphatic hydroxyl groups excluding tert-OH is 2. The third kappa shape index (κ3) is 4.40. The Balaban J connectivity index is 2.68. The van der Waals surface area contributed by atoms with Crippen LogP contribution in [0.1, 0.15) is 25.0 Å². The molecule has 1 aromatic heterocycles. The summed E-state index contributed by atoms with van der Waals surface area (Å²) >= 11 is 12.8. The number of pyridine rings is 1. The van der Waals surface area contributed by atoms with Gasteiger partial charge in [0, 0.05) is 24.4 Å². The highest BCUT2D eigenvalue weighted by Gasteiger charge is 2.23. The van der Waals surface area contributed by atoms with Gasteiger partial charge in [0.2, 0.25) is 0 Å². The minimum absolute atomic E-state index is 0.0332. The van der Waals surface area contributed by atoms with E-state index in [0.29, 0.717) is 5.75 Å². The van der Waals surface area contributed by atoms with Crippen molar-refractivity contribution in [1.82, 2.24) is 4.98 Å². The van der Waals surface area contributed by atoms with Gasteiger partial charge in [-0.05, 0) is 12.5 Å². The van der Waals surface area contributed by atoms with Gasteiger partial charge in [0.15, 0.2) is 5.12 Å². The zero-order valence-corrected chi connectivity index (χ0v) is 12.0. The van der Waals surface area contributed by atoms with E-state index in [2.05, 4.69) is 4.98 Å². The second-order valence-electron chi connectivity index (χ2n) is 3.64. The molecule has 0 saturated carbocycles. The van der Waals surface area contributed by atoms with Crippen LogP contribution < -0.4 is 0 Å². The largest absolute Gasteiger partial charge is 0.390 e. The molecule has 0 amide bonds. The molecule has 7 heteroatoms. The molecule has 0 aromatic carbocycles. The molecule has 0 spiro atoms.